The summed E-state index contributed by atoms with van der Waals surface area (Å²) in [5.74, 6) is 1.72. The van der Waals surface area contributed by atoms with E-state index in [1.165, 1.54) is 25.7 Å². The number of aliphatic hydroxyl groups excluding tert-OH is 1. The van der Waals surface area contributed by atoms with Gasteiger partial charge in [0.2, 0.25) is 5.91 Å². The van der Waals surface area contributed by atoms with E-state index in [-0.39, 0.29) is 36.0 Å². The molecule has 0 radical (unpaired) electrons. The Morgan fingerprint density at radius 2 is 1.87 bits per heavy atom. The van der Waals surface area contributed by atoms with Crippen molar-refractivity contribution in [3.05, 3.63) is 34.9 Å². The molecule has 53 heavy (non-hydrogen) atoms. The van der Waals surface area contributed by atoms with E-state index in [1.54, 1.807) is 7.11 Å². The number of unbranched alkanes of at least 4 members (excludes halogenated alkanes) is 3. The third kappa shape index (κ3) is 12.6. The lowest BCUT2D eigenvalue weighted by molar-refractivity contribution is -0.137. The second-order valence-corrected chi connectivity index (χ2v) is 18.2. The topological polar surface area (TPSA) is 115 Å². The van der Waals surface area contributed by atoms with Crippen LogP contribution in [0.2, 0.25) is 5.02 Å². The first kappa shape index (κ1) is 43.3. The Labute approximate surface area is 324 Å². The summed E-state index contributed by atoms with van der Waals surface area (Å²) in [7, 11) is 3.58. The second-order valence-electron chi connectivity index (χ2n) is 17.8. The highest BCUT2D eigenvalue weighted by Crippen LogP contribution is 2.59. The molecular weight excluding hydrogens is 692 g/mol. The smallest absolute Gasteiger partial charge is 0.407 e. The molecule has 300 valence electrons. The molecule has 2 aromatic heterocycles. The van der Waals surface area contributed by atoms with Crippen molar-refractivity contribution in [1.29, 1.82) is 0 Å². The van der Waals surface area contributed by atoms with Crippen molar-refractivity contribution in [2.24, 2.45) is 35.0 Å². The van der Waals surface area contributed by atoms with Crippen LogP contribution in [0.1, 0.15) is 118 Å². The second kappa shape index (κ2) is 19.5. The van der Waals surface area contributed by atoms with Gasteiger partial charge >= 0.3 is 6.09 Å². The van der Waals surface area contributed by atoms with E-state index in [0.717, 1.165) is 61.7 Å². The van der Waals surface area contributed by atoms with Gasteiger partial charge in [-0.3, -0.25) is 4.79 Å². The van der Waals surface area contributed by atoms with Gasteiger partial charge in [0.15, 0.2) is 0 Å². The average Bonchev–Trinajstić information content (AvgIpc) is 3.36. The number of amides is 2. The molecule has 10 nitrogen and oxygen atoms in total. The van der Waals surface area contributed by atoms with E-state index in [4.69, 9.17) is 25.8 Å². The Kier molecular flexibility index (Phi) is 15.9. The fourth-order valence-electron chi connectivity index (χ4n) is 8.10. The van der Waals surface area contributed by atoms with Gasteiger partial charge in [-0.15, -0.1) is 0 Å². The average molecular weight is 761 g/mol. The molecule has 1 aliphatic heterocycles. The SMILES string of the molecule is COCCCc1ncc2c(Cl)cc(CC(CC(NC(=O)OC(C)(C)C)C(O)CC(C(=O)N(C)CCCCCCC34COCC3C4)C(C)C)C(C)C)cn12. The third-order valence-corrected chi connectivity index (χ3v) is 11.9. The maximum atomic E-state index is 13.9. The number of rotatable bonds is 22. The highest BCUT2D eigenvalue weighted by atomic mass is 35.5. The van der Waals surface area contributed by atoms with Crippen molar-refractivity contribution < 1.29 is 28.9 Å². The lowest BCUT2D eigenvalue weighted by Crippen LogP contribution is -2.49. The number of carbonyl (C=O) groups excluding carboxylic acids is 2. The first-order valence-corrected chi connectivity index (χ1v) is 20.5. The minimum atomic E-state index is -0.953. The molecule has 1 saturated carbocycles. The van der Waals surface area contributed by atoms with Gasteiger partial charge < -0.3 is 33.9 Å². The fraction of sp³-hybridized carbons (Fsp3) is 0.786. The summed E-state index contributed by atoms with van der Waals surface area (Å²) in [6, 6.07) is 1.37. The molecule has 6 atom stereocenters. The third-order valence-electron chi connectivity index (χ3n) is 11.6. The number of aryl methyl sites for hydroxylation is 1. The number of aliphatic hydroxyl groups is 1. The first-order valence-electron chi connectivity index (χ1n) is 20.2. The maximum Gasteiger partial charge on any atom is 0.407 e. The van der Waals surface area contributed by atoms with Crippen LogP contribution in [-0.2, 0) is 31.8 Å². The molecule has 3 heterocycles. The van der Waals surface area contributed by atoms with E-state index >= 15 is 0 Å². The molecule has 2 N–H and O–H groups in total. The fourth-order valence-corrected chi connectivity index (χ4v) is 8.38. The quantitative estimate of drug-likeness (QED) is 0.117. The van der Waals surface area contributed by atoms with Crippen molar-refractivity contribution >= 4 is 29.1 Å². The zero-order chi connectivity index (χ0) is 38.9. The van der Waals surface area contributed by atoms with Crippen molar-refractivity contribution in [3.8, 4) is 0 Å². The van der Waals surface area contributed by atoms with Crippen LogP contribution in [0.5, 0.6) is 0 Å². The van der Waals surface area contributed by atoms with Gasteiger partial charge in [0, 0.05) is 45.8 Å². The van der Waals surface area contributed by atoms with Gasteiger partial charge in [-0.25, -0.2) is 9.78 Å². The van der Waals surface area contributed by atoms with E-state index in [2.05, 4.69) is 34.7 Å². The zero-order valence-electron chi connectivity index (χ0n) is 34.1. The molecule has 2 fully saturated rings. The normalized spacial score (nSPS) is 20.7. The van der Waals surface area contributed by atoms with E-state index in [1.807, 2.05) is 58.8 Å². The Morgan fingerprint density at radius 3 is 2.49 bits per heavy atom. The minimum Gasteiger partial charge on any atom is -0.444 e. The number of methoxy groups -OCH3 is 1. The van der Waals surface area contributed by atoms with Crippen molar-refractivity contribution in [2.45, 2.75) is 137 Å². The van der Waals surface area contributed by atoms with E-state index < -0.39 is 23.8 Å². The van der Waals surface area contributed by atoms with Gasteiger partial charge in [-0.1, -0.05) is 58.6 Å². The molecule has 1 saturated heterocycles. The van der Waals surface area contributed by atoms with E-state index in [9.17, 15) is 14.7 Å². The largest absolute Gasteiger partial charge is 0.444 e. The number of nitrogens with zero attached hydrogens (tertiary/aromatic N) is 3. The predicted molar refractivity (Wildman–Crippen MR) is 211 cm³/mol. The number of fused-ring (bicyclic) bond motifs is 2. The molecule has 0 bridgehead atoms. The molecule has 1 aliphatic carbocycles. The lowest BCUT2D eigenvalue weighted by Gasteiger charge is -2.34. The number of hydrogen-bond acceptors (Lipinski definition) is 7. The molecule has 11 heteroatoms. The Bertz CT molecular complexity index is 1470. The summed E-state index contributed by atoms with van der Waals surface area (Å²) >= 11 is 6.77. The number of halogens is 1. The Hall–Kier alpha value is -2.40. The van der Waals surface area contributed by atoms with Crippen LogP contribution in [-0.4, -0.2) is 89.7 Å². The minimum absolute atomic E-state index is 0.0178. The van der Waals surface area contributed by atoms with Crippen molar-refractivity contribution in [3.63, 3.8) is 0 Å². The number of aromatic nitrogens is 2. The number of alkyl carbamates (subject to hydrolysis) is 1. The van der Waals surface area contributed by atoms with E-state index in [0.29, 0.717) is 36.4 Å². The molecular formula is C42H69ClN4O6. The molecule has 0 spiro atoms. The summed E-state index contributed by atoms with van der Waals surface area (Å²) in [6.45, 7) is 17.1. The summed E-state index contributed by atoms with van der Waals surface area (Å²) in [5, 5.41) is 15.5. The highest BCUT2D eigenvalue weighted by Gasteiger charge is 2.57. The molecule has 4 rings (SSSR count). The van der Waals surface area contributed by atoms with Crippen molar-refractivity contribution in [2.75, 3.05) is 40.5 Å². The lowest BCUT2D eigenvalue weighted by atomic mass is 9.80. The van der Waals surface area contributed by atoms with Crippen LogP contribution in [0.3, 0.4) is 0 Å². The monoisotopic (exact) mass is 760 g/mol. The molecule has 2 aliphatic rings. The Balaban J connectivity index is 1.41. The summed E-state index contributed by atoms with van der Waals surface area (Å²) in [5.41, 5.74) is 1.71. The molecule has 6 unspecified atom stereocenters. The summed E-state index contributed by atoms with van der Waals surface area (Å²) in [4.78, 5) is 33.5. The van der Waals surface area contributed by atoms with Crippen LogP contribution in [0.15, 0.2) is 18.5 Å². The summed E-state index contributed by atoms with van der Waals surface area (Å²) in [6.07, 6.45) is 12.5. The summed E-state index contributed by atoms with van der Waals surface area (Å²) < 4.78 is 18.6. The van der Waals surface area contributed by atoms with Crippen LogP contribution < -0.4 is 5.32 Å². The van der Waals surface area contributed by atoms with Crippen LogP contribution >= 0.6 is 11.6 Å². The molecule has 0 aromatic carbocycles. The highest BCUT2D eigenvalue weighted by molar-refractivity contribution is 6.33. The first-order chi connectivity index (χ1) is 25.0. The number of carbonyl (C=O) groups is 2. The maximum absolute atomic E-state index is 13.9. The van der Waals surface area contributed by atoms with Gasteiger partial charge in [0.25, 0.3) is 0 Å². The number of hydrogen-bond donors (Lipinski definition) is 2. The zero-order valence-corrected chi connectivity index (χ0v) is 34.8. The van der Waals surface area contributed by atoms with Gasteiger partial charge in [-0.2, -0.15) is 0 Å². The van der Waals surface area contributed by atoms with Gasteiger partial charge in [-0.05, 0) is 106 Å². The molecule has 2 amide bonds. The Morgan fingerprint density at radius 1 is 1.13 bits per heavy atom. The number of nitrogens with one attached hydrogen (secondary N) is 1. The van der Waals surface area contributed by atoms with Gasteiger partial charge in [0.05, 0.1) is 42.1 Å². The van der Waals surface area contributed by atoms with Crippen molar-refractivity contribution in [1.82, 2.24) is 19.6 Å². The number of imidazole rings is 1. The number of pyridine rings is 1. The predicted octanol–water partition coefficient (Wildman–Crippen LogP) is 8.13. The van der Waals surface area contributed by atoms with Crippen LogP contribution in [0, 0.1) is 35.0 Å². The van der Waals surface area contributed by atoms with Crippen LogP contribution in [0.4, 0.5) is 4.79 Å². The number of ether oxygens (including phenoxy) is 3. The van der Waals surface area contributed by atoms with Crippen LogP contribution in [0.25, 0.3) is 5.52 Å². The van der Waals surface area contributed by atoms with Gasteiger partial charge in [0.1, 0.15) is 11.4 Å². The standard InChI is InChI=1S/C42H69ClN4O6/c1-28(2)31(19-30-20-34(43)36-24-44-38(47(36)25-30)15-14-18-51-9)21-35(45-40(50)53-41(5,6)7)37(48)22-33(29(3)4)39(49)46(8)17-13-11-10-12-16-42-23-32(42)26-52-27-42/h20,24-25,28-29,31-33,35,37,48H,10-19,21-23,26-27H2,1-9H3,(H,45,50). The molecule has 2 aromatic rings.